The lowest BCUT2D eigenvalue weighted by molar-refractivity contribution is 0.0378. The lowest BCUT2D eigenvalue weighted by Gasteiger charge is -2.11. The summed E-state index contributed by atoms with van der Waals surface area (Å²) in [6.07, 6.45) is 1.48. The molecule has 0 aliphatic heterocycles. The molecule has 0 fully saturated rings. The molecular weight excluding hydrogens is 505 g/mol. The lowest BCUT2D eigenvalue weighted by Crippen LogP contribution is -2.17. The van der Waals surface area contributed by atoms with Gasteiger partial charge in [-0.05, 0) is 105 Å². The van der Waals surface area contributed by atoms with E-state index >= 15 is 0 Å². The van der Waals surface area contributed by atoms with Crippen molar-refractivity contribution in [1.29, 1.82) is 0 Å². The molecule has 1 heterocycles. The van der Waals surface area contributed by atoms with Crippen molar-refractivity contribution >= 4 is 40.7 Å². The Labute approximate surface area is 195 Å². The largest absolute Gasteiger partial charge is 0.459 e. The number of carbonyl (C=O) groups is 2. The Hall–Kier alpha value is -2.94. The Morgan fingerprint density at radius 3 is 2.26 bits per heavy atom. The predicted octanol–water partition coefficient (Wildman–Crippen LogP) is 5.03. The van der Waals surface area contributed by atoms with Gasteiger partial charge in [0, 0.05) is 31.8 Å². The fourth-order valence-corrected chi connectivity index (χ4v) is 3.53. The van der Waals surface area contributed by atoms with Gasteiger partial charge < -0.3 is 9.30 Å². The van der Waals surface area contributed by atoms with E-state index in [1.165, 1.54) is 0 Å². The second-order valence-electron chi connectivity index (χ2n) is 7.37. The van der Waals surface area contributed by atoms with Crippen molar-refractivity contribution in [1.82, 2.24) is 9.99 Å². The first-order valence-electron chi connectivity index (χ1n) is 9.85. The maximum absolute atomic E-state index is 12.2. The number of nitrogens with zero attached hydrogens (tertiary/aromatic N) is 2. The normalized spacial score (nSPS) is 11.2. The van der Waals surface area contributed by atoms with Crippen molar-refractivity contribution in [2.24, 2.45) is 5.10 Å². The number of hydrogen-bond acceptors (Lipinski definition) is 4. The van der Waals surface area contributed by atoms with E-state index in [0.29, 0.717) is 11.1 Å². The molecule has 0 saturated heterocycles. The van der Waals surface area contributed by atoms with Gasteiger partial charge >= 0.3 is 5.97 Å². The summed E-state index contributed by atoms with van der Waals surface area (Å²) in [6, 6.07) is 16.6. The number of nitrogens with one attached hydrogen (secondary N) is 1. The highest BCUT2D eigenvalue weighted by atomic mass is 127. The molecule has 31 heavy (non-hydrogen) atoms. The van der Waals surface area contributed by atoms with Gasteiger partial charge in [0.2, 0.25) is 0 Å². The van der Waals surface area contributed by atoms with Crippen molar-refractivity contribution in [3.63, 3.8) is 0 Å². The van der Waals surface area contributed by atoms with E-state index in [2.05, 4.69) is 37.7 Å². The minimum Gasteiger partial charge on any atom is -0.459 e. The van der Waals surface area contributed by atoms with Gasteiger partial charge in [0.15, 0.2) is 0 Å². The predicted molar refractivity (Wildman–Crippen MR) is 130 cm³/mol. The number of amides is 1. The number of carbonyl (C=O) groups excluding carboxylic acids is 2. The van der Waals surface area contributed by atoms with Crippen molar-refractivity contribution in [2.45, 2.75) is 33.8 Å². The molecule has 0 aliphatic carbocycles. The second-order valence-corrected chi connectivity index (χ2v) is 8.61. The highest BCUT2D eigenvalue weighted by Gasteiger charge is 2.12. The van der Waals surface area contributed by atoms with Gasteiger partial charge in [0.05, 0.1) is 17.9 Å². The summed E-state index contributed by atoms with van der Waals surface area (Å²) >= 11 is 2.19. The summed E-state index contributed by atoms with van der Waals surface area (Å²) in [5.41, 5.74) is 7.44. The third kappa shape index (κ3) is 5.61. The van der Waals surface area contributed by atoms with Gasteiger partial charge in [0.1, 0.15) is 0 Å². The molecule has 6 nitrogen and oxygen atoms in total. The summed E-state index contributed by atoms with van der Waals surface area (Å²) in [7, 11) is 0. The molecule has 3 rings (SSSR count). The van der Waals surface area contributed by atoms with Crippen LogP contribution in [0.5, 0.6) is 0 Å². The molecule has 160 valence electrons. The second kappa shape index (κ2) is 9.91. The molecule has 0 saturated carbocycles. The van der Waals surface area contributed by atoms with Crippen LogP contribution in [0.4, 0.5) is 0 Å². The summed E-state index contributed by atoms with van der Waals surface area (Å²) < 4.78 is 8.37. The van der Waals surface area contributed by atoms with Gasteiger partial charge in [-0.3, -0.25) is 4.79 Å². The molecule has 7 heteroatoms. The molecular formula is C24H24IN3O3. The van der Waals surface area contributed by atoms with E-state index in [-0.39, 0.29) is 18.0 Å². The number of hydrogen-bond donors (Lipinski definition) is 1. The van der Waals surface area contributed by atoms with E-state index < -0.39 is 0 Å². The van der Waals surface area contributed by atoms with Crippen molar-refractivity contribution in [3.8, 4) is 5.69 Å². The molecule has 0 radical (unpaired) electrons. The van der Waals surface area contributed by atoms with E-state index in [4.69, 9.17) is 4.74 Å². The average Bonchev–Trinajstić information content (AvgIpc) is 3.01. The van der Waals surface area contributed by atoms with Crippen LogP contribution < -0.4 is 5.43 Å². The molecule has 1 aromatic heterocycles. The average molecular weight is 529 g/mol. The summed E-state index contributed by atoms with van der Waals surface area (Å²) in [6.45, 7) is 7.63. The Morgan fingerprint density at radius 2 is 1.65 bits per heavy atom. The molecule has 1 amide bonds. The first kappa shape index (κ1) is 22.7. The number of hydrazone groups is 1. The zero-order chi connectivity index (χ0) is 22.5. The quantitative estimate of drug-likeness (QED) is 0.211. The van der Waals surface area contributed by atoms with Crippen LogP contribution in [0.15, 0.2) is 59.7 Å². The Kier molecular flexibility index (Phi) is 7.27. The van der Waals surface area contributed by atoms with Crippen molar-refractivity contribution in [2.75, 3.05) is 0 Å². The molecule has 0 spiro atoms. The van der Waals surface area contributed by atoms with Crippen LogP contribution in [0.3, 0.4) is 0 Å². The number of esters is 1. The highest BCUT2D eigenvalue weighted by Crippen LogP contribution is 2.20. The Bertz CT molecular complexity index is 1110. The van der Waals surface area contributed by atoms with Gasteiger partial charge in [-0.1, -0.05) is 0 Å². The highest BCUT2D eigenvalue weighted by molar-refractivity contribution is 14.1. The smallest absolute Gasteiger partial charge is 0.338 e. The summed E-state index contributed by atoms with van der Waals surface area (Å²) in [5.74, 6) is -0.593. The maximum atomic E-state index is 12.2. The zero-order valence-electron chi connectivity index (χ0n) is 17.8. The minimum atomic E-state index is -0.334. The fraction of sp³-hybridized carbons (Fsp3) is 0.208. The molecule has 0 atom stereocenters. The fourth-order valence-electron chi connectivity index (χ4n) is 3.17. The van der Waals surface area contributed by atoms with Crippen molar-refractivity contribution < 1.29 is 14.3 Å². The van der Waals surface area contributed by atoms with E-state index in [9.17, 15) is 9.59 Å². The standard InChI is InChI=1S/C24H24IN3O3/c1-15(2)31-24(30)19-7-11-22(12-8-19)28-16(3)13-20(17(28)4)14-26-27-23(29)18-5-9-21(25)10-6-18/h5-15H,1-4H3,(H,27,29)/b26-14-. The first-order valence-corrected chi connectivity index (χ1v) is 10.9. The SMILES string of the molecule is Cc1cc(/C=N\NC(=O)c2ccc(I)cc2)c(C)n1-c1ccc(C(=O)OC(C)C)cc1. The zero-order valence-corrected chi connectivity index (χ0v) is 20.0. The molecule has 1 N–H and O–H groups in total. The first-order chi connectivity index (χ1) is 14.8. The van der Waals surface area contributed by atoms with Gasteiger partial charge in [-0.25, -0.2) is 10.2 Å². The summed E-state index contributed by atoms with van der Waals surface area (Å²) in [5, 5.41) is 4.11. The molecule has 0 unspecified atom stereocenters. The van der Waals surface area contributed by atoms with E-state index in [0.717, 1.165) is 26.2 Å². The Balaban J connectivity index is 1.74. The third-order valence-corrected chi connectivity index (χ3v) is 5.37. The summed E-state index contributed by atoms with van der Waals surface area (Å²) in [4.78, 5) is 24.3. The maximum Gasteiger partial charge on any atom is 0.338 e. The van der Waals surface area contributed by atoms with Gasteiger partial charge in [-0.15, -0.1) is 0 Å². The third-order valence-electron chi connectivity index (χ3n) is 4.65. The number of rotatable bonds is 6. The van der Waals surface area contributed by atoms with Gasteiger partial charge in [-0.2, -0.15) is 5.10 Å². The number of aryl methyl sites for hydroxylation is 1. The van der Waals surface area contributed by atoms with Crippen LogP contribution in [0.2, 0.25) is 0 Å². The van der Waals surface area contributed by atoms with Gasteiger partial charge in [0.25, 0.3) is 5.91 Å². The van der Waals surface area contributed by atoms with Crippen LogP contribution in [-0.2, 0) is 4.74 Å². The Morgan fingerprint density at radius 1 is 1.03 bits per heavy atom. The van der Waals surface area contributed by atoms with Crippen molar-refractivity contribution in [3.05, 3.63) is 86.2 Å². The number of ether oxygens (including phenoxy) is 1. The molecule has 2 aromatic carbocycles. The van der Waals surface area contributed by atoms with Crippen LogP contribution >= 0.6 is 22.6 Å². The van der Waals surface area contributed by atoms with Crippen LogP contribution in [0.25, 0.3) is 5.69 Å². The minimum absolute atomic E-state index is 0.158. The lowest BCUT2D eigenvalue weighted by atomic mass is 10.2. The number of aromatic nitrogens is 1. The molecule has 0 bridgehead atoms. The number of benzene rings is 2. The van der Waals surface area contributed by atoms with Crippen LogP contribution in [0.1, 0.15) is 51.5 Å². The van der Waals surface area contributed by atoms with E-state index in [1.54, 1.807) is 30.5 Å². The monoisotopic (exact) mass is 529 g/mol. The number of halogens is 1. The molecule has 0 aliphatic rings. The molecule has 3 aromatic rings. The van der Waals surface area contributed by atoms with Crippen LogP contribution in [-0.4, -0.2) is 28.8 Å². The van der Waals surface area contributed by atoms with E-state index in [1.807, 2.05) is 58.0 Å². The van der Waals surface area contributed by atoms with Crippen LogP contribution in [0, 0.1) is 17.4 Å². The topological polar surface area (TPSA) is 72.7 Å².